The molecule has 0 bridgehead atoms. The lowest BCUT2D eigenvalue weighted by Gasteiger charge is -2.42. The molecule has 2 saturated heterocycles. The molecule has 0 aliphatic carbocycles. The number of H-pyrrole nitrogens is 1. The maximum Gasteiger partial charge on any atom is 0.172 e. The number of allylic oxidation sites excluding steroid dienone is 1. The fourth-order valence-corrected chi connectivity index (χ4v) is 4.71. The third-order valence-corrected chi connectivity index (χ3v) is 6.65. The molecular weight excluding hydrogens is 426 g/mol. The van der Waals surface area contributed by atoms with E-state index in [0.29, 0.717) is 38.8 Å². The van der Waals surface area contributed by atoms with Crippen molar-refractivity contribution in [2.24, 2.45) is 5.92 Å². The van der Waals surface area contributed by atoms with Crippen LogP contribution in [-0.4, -0.2) is 53.8 Å². The van der Waals surface area contributed by atoms with Gasteiger partial charge in [-0.05, 0) is 32.1 Å². The number of hydrogen-bond acceptors (Lipinski definition) is 7. The number of thioether (sulfide) groups is 1. The Morgan fingerprint density at radius 3 is 2.81 bits per heavy atom. The van der Waals surface area contributed by atoms with Crippen LogP contribution < -0.4 is 4.74 Å². The molecule has 4 heterocycles. The Morgan fingerprint density at radius 2 is 2.09 bits per heavy atom. The van der Waals surface area contributed by atoms with E-state index in [2.05, 4.69) is 21.5 Å². The van der Waals surface area contributed by atoms with Gasteiger partial charge in [0.15, 0.2) is 10.9 Å². The summed E-state index contributed by atoms with van der Waals surface area (Å²) in [5.41, 5.74) is 3.84. The molecule has 0 radical (unpaired) electrons. The Hall–Kier alpha value is -2.13. The Morgan fingerprint density at radius 1 is 1.31 bits per heavy atom. The molecule has 32 heavy (non-hydrogen) atoms. The van der Waals surface area contributed by atoms with Gasteiger partial charge >= 0.3 is 0 Å². The molecule has 172 valence electrons. The van der Waals surface area contributed by atoms with Gasteiger partial charge in [-0.15, -0.1) is 0 Å². The van der Waals surface area contributed by atoms with Crippen molar-refractivity contribution in [2.45, 2.75) is 43.4 Å². The maximum atomic E-state index is 6.14. The van der Waals surface area contributed by atoms with Crippen molar-refractivity contribution in [1.29, 1.82) is 0 Å². The molecule has 7 nitrogen and oxygen atoms in total. The van der Waals surface area contributed by atoms with Crippen molar-refractivity contribution in [2.75, 3.05) is 33.0 Å². The summed E-state index contributed by atoms with van der Waals surface area (Å²) in [7, 11) is 0. The summed E-state index contributed by atoms with van der Waals surface area (Å²) in [6, 6.07) is 1.92. The van der Waals surface area contributed by atoms with E-state index in [-0.39, 0.29) is 5.92 Å². The quantitative estimate of drug-likeness (QED) is 0.579. The summed E-state index contributed by atoms with van der Waals surface area (Å²) in [5, 5.41) is 0.846. The normalized spacial score (nSPS) is 18.9. The first-order valence-electron chi connectivity index (χ1n) is 11.0. The van der Waals surface area contributed by atoms with E-state index in [1.807, 2.05) is 32.1 Å². The Bertz CT molecular complexity index is 943. The molecule has 1 N–H and O–H groups in total. The number of aromatic amines is 1. The van der Waals surface area contributed by atoms with E-state index in [9.17, 15) is 0 Å². The predicted molar refractivity (Wildman–Crippen MR) is 126 cm³/mol. The zero-order chi connectivity index (χ0) is 22.4. The largest absolute Gasteiger partial charge is 0.493 e. The summed E-state index contributed by atoms with van der Waals surface area (Å²) in [6.07, 6.45) is 9.13. The van der Waals surface area contributed by atoms with Crippen LogP contribution in [0.15, 0.2) is 30.1 Å². The summed E-state index contributed by atoms with van der Waals surface area (Å²) < 4.78 is 23.7. The van der Waals surface area contributed by atoms with E-state index < -0.39 is 5.79 Å². The summed E-state index contributed by atoms with van der Waals surface area (Å²) in [6.45, 7) is 11.1. The predicted octanol–water partition coefficient (Wildman–Crippen LogP) is 4.63. The minimum Gasteiger partial charge on any atom is -0.493 e. The Kier molecular flexibility index (Phi) is 7.67. The summed E-state index contributed by atoms with van der Waals surface area (Å²) >= 11 is 1.61. The molecule has 0 atom stereocenters. The average Bonchev–Trinajstić information content (AvgIpc) is 3.21. The van der Waals surface area contributed by atoms with Gasteiger partial charge in [0, 0.05) is 36.3 Å². The molecule has 2 aliphatic rings. The zero-order valence-corrected chi connectivity index (χ0v) is 19.6. The van der Waals surface area contributed by atoms with E-state index in [0.717, 1.165) is 46.4 Å². The first-order chi connectivity index (χ1) is 15.6. The summed E-state index contributed by atoms with van der Waals surface area (Å²) in [4.78, 5) is 12.5. The topological polar surface area (TPSA) is 78.5 Å². The number of hydrogen-bond donors (Lipinski definition) is 1. The van der Waals surface area contributed by atoms with Gasteiger partial charge in [0.1, 0.15) is 5.75 Å². The number of aromatic nitrogens is 3. The van der Waals surface area contributed by atoms with Crippen molar-refractivity contribution >= 4 is 23.9 Å². The van der Waals surface area contributed by atoms with Gasteiger partial charge in [-0.2, -0.15) is 0 Å². The Labute approximate surface area is 193 Å². The van der Waals surface area contributed by atoms with Gasteiger partial charge in [-0.1, -0.05) is 24.4 Å². The van der Waals surface area contributed by atoms with E-state index in [1.54, 1.807) is 24.0 Å². The third-order valence-electron chi connectivity index (χ3n) is 5.76. The van der Waals surface area contributed by atoms with Gasteiger partial charge in [0.2, 0.25) is 0 Å². The highest BCUT2D eigenvalue weighted by molar-refractivity contribution is 7.98. The van der Waals surface area contributed by atoms with Crippen LogP contribution in [0.4, 0.5) is 0 Å². The van der Waals surface area contributed by atoms with E-state index in [4.69, 9.17) is 18.9 Å². The molecule has 2 aromatic rings. The van der Waals surface area contributed by atoms with E-state index in [1.165, 1.54) is 0 Å². The molecule has 0 amide bonds. The molecule has 4 rings (SSSR count). The molecule has 0 saturated carbocycles. The second-order valence-electron chi connectivity index (χ2n) is 8.04. The summed E-state index contributed by atoms with van der Waals surface area (Å²) in [5.74, 6) is 1.31. The fraction of sp³-hybridized carbons (Fsp3) is 0.500. The monoisotopic (exact) mass is 457 g/mol. The zero-order valence-electron chi connectivity index (χ0n) is 18.8. The van der Waals surface area contributed by atoms with E-state index >= 15 is 0 Å². The third kappa shape index (κ3) is 5.43. The maximum absolute atomic E-state index is 6.14. The van der Waals surface area contributed by atoms with Crippen molar-refractivity contribution in [3.63, 3.8) is 0 Å². The molecule has 2 aromatic heterocycles. The number of nitrogens with zero attached hydrogens (tertiary/aromatic N) is 2. The van der Waals surface area contributed by atoms with Crippen molar-refractivity contribution in [3.8, 4) is 5.75 Å². The highest BCUT2D eigenvalue weighted by atomic mass is 32.2. The van der Waals surface area contributed by atoms with Crippen LogP contribution in [0, 0.1) is 12.8 Å². The molecule has 0 aromatic carbocycles. The minimum atomic E-state index is -0.449. The number of nitrogens with one attached hydrogen (secondary N) is 1. The van der Waals surface area contributed by atoms with Crippen LogP contribution in [0.5, 0.6) is 5.75 Å². The Balaban J connectivity index is 1.31. The number of pyridine rings is 1. The van der Waals surface area contributed by atoms with Crippen molar-refractivity contribution < 1.29 is 18.9 Å². The molecule has 1 spiro atoms. The number of ether oxygens (including phenoxy) is 4. The van der Waals surface area contributed by atoms with Crippen LogP contribution in [0.2, 0.25) is 0 Å². The van der Waals surface area contributed by atoms with Crippen LogP contribution >= 0.6 is 11.8 Å². The SMILES string of the molecule is C=Cc1nc(SCc2nccc(OCC3COC4(CCOCC4)OC3)c2C)[nH]c1/C=C\C. The number of imidazole rings is 1. The van der Waals surface area contributed by atoms with Crippen LogP contribution in [0.3, 0.4) is 0 Å². The minimum absolute atomic E-state index is 0.208. The molecular formula is C24H31N3O4S. The highest BCUT2D eigenvalue weighted by Crippen LogP contribution is 2.32. The average molecular weight is 458 g/mol. The van der Waals surface area contributed by atoms with Gasteiger partial charge < -0.3 is 23.9 Å². The fourth-order valence-electron chi connectivity index (χ4n) is 3.80. The van der Waals surface area contributed by atoms with Crippen molar-refractivity contribution in [1.82, 2.24) is 15.0 Å². The van der Waals surface area contributed by atoms with Crippen LogP contribution in [0.25, 0.3) is 12.2 Å². The molecule has 2 aliphatic heterocycles. The van der Waals surface area contributed by atoms with Gasteiger partial charge in [-0.3, -0.25) is 4.98 Å². The van der Waals surface area contributed by atoms with Gasteiger partial charge in [0.25, 0.3) is 0 Å². The first kappa shape index (κ1) is 23.0. The van der Waals surface area contributed by atoms with Crippen LogP contribution in [-0.2, 0) is 20.0 Å². The molecule has 2 fully saturated rings. The molecule has 8 heteroatoms. The van der Waals surface area contributed by atoms with Crippen molar-refractivity contribution in [3.05, 3.63) is 47.6 Å². The second-order valence-corrected chi connectivity index (χ2v) is 9.00. The van der Waals surface area contributed by atoms with Gasteiger partial charge in [-0.25, -0.2) is 4.98 Å². The standard InChI is InChI=1S/C24H31N3O4S/c1-4-6-20-19(5-2)26-23(27-20)32-16-21-17(3)22(7-10-25-21)29-13-18-14-30-24(31-15-18)8-11-28-12-9-24/h4-7,10,18H,2,8-9,11-16H2,1,3H3,(H,26,27)/b6-4-. The smallest absolute Gasteiger partial charge is 0.172 e. The lowest BCUT2D eigenvalue weighted by molar-refractivity contribution is -0.308. The highest BCUT2D eigenvalue weighted by Gasteiger charge is 2.39. The lowest BCUT2D eigenvalue weighted by atomic mass is 10.0. The van der Waals surface area contributed by atoms with Crippen LogP contribution in [0.1, 0.15) is 42.4 Å². The second kappa shape index (κ2) is 10.7. The number of rotatable bonds is 8. The first-order valence-corrected chi connectivity index (χ1v) is 12.0. The van der Waals surface area contributed by atoms with Gasteiger partial charge in [0.05, 0.1) is 50.1 Å². The lowest BCUT2D eigenvalue weighted by Crippen LogP contribution is -2.48. The molecule has 0 unspecified atom stereocenters.